The van der Waals surface area contributed by atoms with E-state index in [0.717, 1.165) is 11.3 Å². The van der Waals surface area contributed by atoms with Gasteiger partial charge in [-0.25, -0.2) is 0 Å². The van der Waals surface area contributed by atoms with Gasteiger partial charge >= 0.3 is 0 Å². The van der Waals surface area contributed by atoms with Gasteiger partial charge in [0.25, 0.3) is 0 Å². The second-order valence-electron chi connectivity index (χ2n) is 6.55. The molecule has 3 rings (SSSR count). The van der Waals surface area contributed by atoms with Gasteiger partial charge in [-0.15, -0.1) is 10.2 Å². The average Bonchev–Trinajstić information content (AvgIpc) is 3.06. The minimum absolute atomic E-state index is 0.293. The van der Waals surface area contributed by atoms with E-state index in [2.05, 4.69) is 26.1 Å². The molecule has 0 radical (unpaired) electrons. The van der Waals surface area contributed by atoms with Gasteiger partial charge in [-0.05, 0) is 49.2 Å². The summed E-state index contributed by atoms with van der Waals surface area (Å²) >= 11 is 4.81. The Balaban J connectivity index is 2.05. The molecule has 1 atom stereocenters. The highest BCUT2D eigenvalue weighted by Crippen LogP contribution is 2.43. The van der Waals surface area contributed by atoms with Crippen LogP contribution in [0.1, 0.15) is 22.2 Å². The highest BCUT2D eigenvalue weighted by atomic mass is 79.9. The summed E-state index contributed by atoms with van der Waals surface area (Å²) in [6.45, 7) is 3.57. The molecule has 3 aromatic rings. The first-order valence-electron chi connectivity index (χ1n) is 9.03. The third-order valence-corrected chi connectivity index (χ3v) is 6.32. The van der Waals surface area contributed by atoms with Crippen LogP contribution in [0.5, 0.6) is 11.5 Å². The Morgan fingerprint density at radius 2 is 1.87 bits per heavy atom. The second kappa shape index (κ2) is 9.48. The first-order chi connectivity index (χ1) is 14.3. The summed E-state index contributed by atoms with van der Waals surface area (Å²) in [4.78, 5) is 11.1. The highest BCUT2D eigenvalue weighted by Gasteiger charge is 2.27. The Kier molecular flexibility index (Phi) is 6.99. The molecule has 1 heterocycles. The quantitative estimate of drug-likeness (QED) is 0.254. The molecule has 0 saturated heterocycles. The number of benzene rings is 2. The molecule has 8 nitrogen and oxygen atoms in total. The van der Waals surface area contributed by atoms with E-state index >= 15 is 0 Å². The number of nitrogens with zero attached hydrogens (tertiary/aromatic N) is 4. The van der Waals surface area contributed by atoms with E-state index in [1.807, 2.05) is 42.7 Å². The molecule has 158 valence electrons. The lowest BCUT2D eigenvalue weighted by molar-refractivity contribution is -0.479. The molecule has 0 saturated carbocycles. The number of hydrogen-bond donors (Lipinski definition) is 0. The summed E-state index contributed by atoms with van der Waals surface area (Å²) in [5, 5.41) is 20.0. The zero-order chi connectivity index (χ0) is 21.8. The summed E-state index contributed by atoms with van der Waals surface area (Å²) in [7, 11) is 3.07. The van der Waals surface area contributed by atoms with Crippen molar-refractivity contribution in [2.75, 3.05) is 20.8 Å². The minimum Gasteiger partial charge on any atom is -0.493 e. The molecule has 2 aromatic carbocycles. The monoisotopic (exact) mass is 492 g/mol. The van der Waals surface area contributed by atoms with Crippen LogP contribution >= 0.6 is 27.7 Å². The largest absolute Gasteiger partial charge is 0.493 e. The summed E-state index contributed by atoms with van der Waals surface area (Å²) in [6, 6.07) is 11.4. The van der Waals surface area contributed by atoms with Crippen LogP contribution in [0.25, 0.3) is 5.69 Å². The maximum absolute atomic E-state index is 11.4. The molecule has 0 aliphatic carbocycles. The average molecular weight is 493 g/mol. The molecule has 0 unspecified atom stereocenters. The molecule has 0 aliphatic rings. The second-order valence-corrected chi connectivity index (χ2v) is 8.58. The third-order valence-electron chi connectivity index (χ3n) is 4.47. The first-order valence-corrected chi connectivity index (χ1v) is 10.7. The Morgan fingerprint density at radius 1 is 1.17 bits per heavy atom. The molecular formula is C20H21BrN4O4S. The van der Waals surface area contributed by atoms with Gasteiger partial charge in [-0.3, -0.25) is 14.7 Å². The number of halogens is 1. The molecule has 0 N–H and O–H groups in total. The Bertz CT molecular complexity index is 1070. The Labute approximate surface area is 186 Å². The molecule has 30 heavy (non-hydrogen) atoms. The Morgan fingerprint density at radius 3 is 2.50 bits per heavy atom. The van der Waals surface area contributed by atoms with E-state index in [0.29, 0.717) is 32.5 Å². The molecule has 0 amide bonds. The highest BCUT2D eigenvalue weighted by molar-refractivity contribution is 9.10. The van der Waals surface area contributed by atoms with Crippen molar-refractivity contribution in [2.45, 2.75) is 24.3 Å². The summed E-state index contributed by atoms with van der Waals surface area (Å²) in [6.07, 6.45) is 0. The number of aryl methyl sites for hydroxylation is 2. The summed E-state index contributed by atoms with van der Waals surface area (Å²) in [5.41, 5.74) is 2.72. The van der Waals surface area contributed by atoms with Crippen molar-refractivity contribution in [3.63, 3.8) is 0 Å². The van der Waals surface area contributed by atoms with Crippen LogP contribution in [0, 0.1) is 24.0 Å². The number of rotatable bonds is 8. The van der Waals surface area contributed by atoms with E-state index in [-0.39, 0.29) is 11.5 Å². The van der Waals surface area contributed by atoms with Gasteiger partial charge in [-0.1, -0.05) is 39.8 Å². The molecule has 0 aliphatic heterocycles. The minimum atomic E-state index is -0.527. The fraction of sp³-hybridized carbons (Fsp3) is 0.300. The lowest BCUT2D eigenvalue weighted by atomic mass is 10.1. The van der Waals surface area contributed by atoms with Crippen molar-refractivity contribution in [3.05, 3.63) is 67.9 Å². The van der Waals surface area contributed by atoms with Crippen molar-refractivity contribution >= 4 is 27.7 Å². The van der Waals surface area contributed by atoms with Crippen LogP contribution in [0.15, 0.2) is 46.0 Å². The van der Waals surface area contributed by atoms with Crippen LogP contribution in [0.3, 0.4) is 0 Å². The zero-order valence-electron chi connectivity index (χ0n) is 17.0. The summed E-state index contributed by atoms with van der Waals surface area (Å²) < 4.78 is 13.3. The normalized spacial score (nSPS) is 11.9. The maximum atomic E-state index is 11.4. The maximum Gasteiger partial charge on any atom is 0.220 e. The molecule has 0 bridgehead atoms. The predicted molar refractivity (Wildman–Crippen MR) is 119 cm³/mol. The van der Waals surface area contributed by atoms with Crippen molar-refractivity contribution in [1.29, 1.82) is 0 Å². The van der Waals surface area contributed by atoms with Gasteiger partial charge in [0, 0.05) is 15.1 Å². The van der Waals surface area contributed by atoms with Crippen molar-refractivity contribution in [3.8, 4) is 17.2 Å². The number of hydrogen-bond acceptors (Lipinski definition) is 7. The van der Waals surface area contributed by atoms with Crippen LogP contribution in [0.2, 0.25) is 0 Å². The number of aromatic nitrogens is 3. The lowest BCUT2D eigenvalue weighted by Gasteiger charge is -2.18. The van der Waals surface area contributed by atoms with Gasteiger partial charge in [0.1, 0.15) is 11.1 Å². The number of methoxy groups -OCH3 is 2. The van der Waals surface area contributed by atoms with Crippen LogP contribution < -0.4 is 9.47 Å². The van der Waals surface area contributed by atoms with E-state index < -0.39 is 5.25 Å². The molecule has 0 spiro atoms. The van der Waals surface area contributed by atoms with E-state index in [1.54, 1.807) is 19.2 Å². The fourth-order valence-corrected chi connectivity index (χ4v) is 5.02. The van der Waals surface area contributed by atoms with Crippen LogP contribution in [-0.2, 0) is 0 Å². The number of nitro groups is 1. The SMILES string of the molecule is COc1cc(Br)c([C@H](C[N+](=O)[O-])Sc2nnc(C)n2-c2cccc(C)c2)cc1OC. The standard InChI is InChI=1S/C20H21BrN4O4S/c1-12-6-5-7-14(8-12)25-13(2)22-23-20(25)30-19(11-24(26)27)15-9-17(28-3)18(29-4)10-16(15)21/h5-10,19H,11H2,1-4H3/t19-/m0/s1. The van der Waals surface area contributed by atoms with Gasteiger partial charge in [0.05, 0.1) is 14.2 Å². The molecule has 0 fully saturated rings. The van der Waals surface area contributed by atoms with Gasteiger partial charge in [0.15, 0.2) is 16.7 Å². The van der Waals surface area contributed by atoms with E-state index in [9.17, 15) is 10.1 Å². The van der Waals surface area contributed by atoms with Gasteiger partial charge in [-0.2, -0.15) is 0 Å². The van der Waals surface area contributed by atoms with Crippen LogP contribution in [0.4, 0.5) is 0 Å². The first kappa shape index (κ1) is 22.1. The smallest absolute Gasteiger partial charge is 0.220 e. The van der Waals surface area contributed by atoms with E-state index in [4.69, 9.17) is 9.47 Å². The van der Waals surface area contributed by atoms with Gasteiger partial charge < -0.3 is 9.47 Å². The fourth-order valence-electron chi connectivity index (χ4n) is 3.06. The molecular weight excluding hydrogens is 472 g/mol. The number of ether oxygens (including phenoxy) is 2. The van der Waals surface area contributed by atoms with Gasteiger partial charge in [0.2, 0.25) is 6.54 Å². The summed E-state index contributed by atoms with van der Waals surface area (Å²) in [5.74, 6) is 1.74. The lowest BCUT2D eigenvalue weighted by Crippen LogP contribution is -2.12. The van der Waals surface area contributed by atoms with E-state index in [1.165, 1.54) is 18.9 Å². The zero-order valence-corrected chi connectivity index (χ0v) is 19.4. The molecule has 10 heteroatoms. The van der Waals surface area contributed by atoms with Crippen LogP contribution in [-0.4, -0.2) is 40.5 Å². The topological polar surface area (TPSA) is 92.3 Å². The number of thioether (sulfide) groups is 1. The predicted octanol–water partition coefficient (Wildman–Crippen LogP) is 4.77. The third kappa shape index (κ3) is 4.76. The molecule has 1 aromatic heterocycles. The van der Waals surface area contributed by atoms with Crippen molar-refractivity contribution in [2.24, 2.45) is 0 Å². The van der Waals surface area contributed by atoms with Crippen molar-refractivity contribution in [1.82, 2.24) is 14.8 Å². The Hall–Kier alpha value is -2.59. The van der Waals surface area contributed by atoms with Crippen molar-refractivity contribution < 1.29 is 14.4 Å².